The maximum atomic E-state index is 13.5. The number of aryl methyl sites for hydroxylation is 2. The lowest BCUT2D eigenvalue weighted by atomic mass is 10.2. The normalized spacial score (nSPS) is 12.0. The first kappa shape index (κ1) is 22.2. The van der Waals surface area contributed by atoms with Gasteiger partial charge in [-0.2, -0.15) is 0 Å². The van der Waals surface area contributed by atoms with E-state index in [4.69, 9.17) is 17.3 Å². The van der Waals surface area contributed by atoms with E-state index in [-0.39, 0.29) is 26.6 Å². The first-order valence-corrected chi connectivity index (χ1v) is 12.3. The van der Waals surface area contributed by atoms with Crippen molar-refractivity contribution in [3.8, 4) is 0 Å². The van der Waals surface area contributed by atoms with Crippen LogP contribution in [0.5, 0.6) is 0 Å². The van der Waals surface area contributed by atoms with Gasteiger partial charge in [0.1, 0.15) is 10.3 Å². The molecule has 0 unspecified atom stereocenters. The SMILES string of the molecule is CCCCC[n+]1c(N)c(S(=O)(=O)c2ccc(Cl)cc2)cc2c(=O)n3cc(C)ccc3nc21. The molecule has 0 bridgehead atoms. The Morgan fingerprint density at radius 1 is 1.12 bits per heavy atom. The third-order valence-corrected chi connectivity index (χ3v) is 7.51. The van der Waals surface area contributed by atoms with E-state index in [2.05, 4.69) is 11.9 Å². The van der Waals surface area contributed by atoms with Crippen molar-refractivity contribution in [3.05, 3.63) is 69.6 Å². The molecular formula is C23H24ClN4O3S+. The van der Waals surface area contributed by atoms with Crippen molar-refractivity contribution >= 4 is 43.9 Å². The molecule has 3 heterocycles. The van der Waals surface area contributed by atoms with Crippen LogP contribution in [-0.4, -0.2) is 17.8 Å². The van der Waals surface area contributed by atoms with Crippen molar-refractivity contribution in [1.82, 2.24) is 9.38 Å². The molecular weight excluding hydrogens is 448 g/mol. The zero-order valence-electron chi connectivity index (χ0n) is 17.9. The molecule has 0 saturated heterocycles. The standard InChI is InChI=1S/C23H23ClN4O3S/c1-3-4-5-12-27-21(25)19(32(30,31)17-9-7-16(24)8-10-17)13-18-22(27)26-20-11-6-15(2)14-28(20)23(18)29/h6-11,13-14,25H,3-5,12H2,1-2H3/p+1. The van der Waals surface area contributed by atoms with Gasteiger partial charge in [-0.1, -0.05) is 42.4 Å². The lowest BCUT2D eigenvalue weighted by Gasteiger charge is -2.13. The highest BCUT2D eigenvalue weighted by Gasteiger charge is 2.29. The van der Waals surface area contributed by atoms with Crippen LogP contribution in [-0.2, 0) is 16.4 Å². The Balaban J connectivity index is 2.06. The Bertz CT molecular complexity index is 1500. The van der Waals surface area contributed by atoms with Crippen LogP contribution in [0.15, 0.2) is 63.2 Å². The third-order valence-electron chi connectivity index (χ3n) is 5.46. The van der Waals surface area contributed by atoms with Crippen LogP contribution in [0.1, 0.15) is 31.7 Å². The van der Waals surface area contributed by atoms with Crippen molar-refractivity contribution in [2.75, 3.05) is 5.73 Å². The summed E-state index contributed by atoms with van der Waals surface area (Å²) in [7, 11) is -3.99. The van der Waals surface area contributed by atoms with Crippen molar-refractivity contribution < 1.29 is 13.0 Å². The van der Waals surface area contributed by atoms with Crippen molar-refractivity contribution in [1.29, 1.82) is 0 Å². The molecule has 0 saturated carbocycles. The molecule has 9 heteroatoms. The summed E-state index contributed by atoms with van der Waals surface area (Å²) in [4.78, 5) is 17.9. The molecule has 0 fully saturated rings. The number of nitrogen functional groups attached to an aromatic ring is 1. The average Bonchev–Trinajstić information content (AvgIpc) is 2.76. The molecule has 32 heavy (non-hydrogen) atoms. The number of anilines is 1. The maximum Gasteiger partial charge on any atom is 0.278 e. The monoisotopic (exact) mass is 471 g/mol. The number of pyridine rings is 2. The van der Waals surface area contributed by atoms with Gasteiger partial charge in [0.05, 0.1) is 11.4 Å². The van der Waals surface area contributed by atoms with E-state index in [1.54, 1.807) is 16.8 Å². The lowest BCUT2D eigenvalue weighted by Crippen LogP contribution is -2.41. The van der Waals surface area contributed by atoms with Crippen molar-refractivity contribution in [2.24, 2.45) is 0 Å². The summed E-state index contributed by atoms with van der Waals surface area (Å²) in [5, 5.41) is 0.626. The van der Waals surface area contributed by atoms with E-state index >= 15 is 0 Å². The van der Waals surface area contributed by atoms with Crippen LogP contribution in [0, 0.1) is 6.92 Å². The zero-order valence-corrected chi connectivity index (χ0v) is 19.4. The highest BCUT2D eigenvalue weighted by molar-refractivity contribution is 7.91. The summed E-state index contributed by atoms with van der Waals surface area (Å²) in [5.41, 5.74) is 7.81. The minimum atomic E-state index is -3.99. The number of fused-ring (bicyclic) bond motifs is 2. The fourth-order valence-electron chi connectivity index (χ4n) is 3.73. The summed E-state index contributed by atoms with van der Waals surface area (Å²) in [6.45, 7) is 4.41. The number of rotatable bonds is 6. The van der Waals surface area contributed by atoms with E-state index in [0.717, 1.165) is 24.8 Å². The van der Waals surface area contributed by atoms with Gasteiger partial charge in [-0.15, -0.1) is 0 Å². The highest BCUT2D eigenvalue weighted by atomic mass is 35.5. The highest BCUT2D eigenvalue weighted by Crippen LogP contribution is 2.27. The van der Waals surface area contributed by atoms with E-state index < -0.39 is 9.84 Å². The lowest BCUT2D eigenvalue weighted by molar-refractivity contribution is -0.660. The number of halogens is 1. The van der Waals surface area contributed by atoms with Gasteiger partial charge < -0.3 is 5.73 Å². The summed E-state index contributed by atoms with van der Waals surface area (Å²) in [6.07, 6.45) is 4.39. The smallest absolute Gasteiger partial charge is 0.278 e. The summed E-state index contributed by atoms with van der Waals surface area (Å²) in [5.74, 6) is 0.0620. The Morgan fingerprint density at radius 3 is 2.53 bits per heavy atom. The second kappa shape index (κ2) is 8.52. The molecule has 0 radical (unpaired) electrons. The minimum absolute atomic E-state index is 0.0535. The zero-order chi connectivity index (χ0) is 23.0. The number of nitrogens with zero attached hydrogens (tertiary/aromatic N) is 3. The van der Waals surface area contributed by atoms with Gasteiger partial charge in [0.25, 0.3) is 11.2 Å². The topological polar surface area (TPSA) is 98.4 Å². The van der Waals surface area contributed by atoms with E-state index in [9.17, 15) is 13.2 Å². The Labute approximate surface area is 191 Å². The molecule has 2 N–H and O–H groups in total. The van der Waals surface area contributed by atoms with Crippen LogP contribution in [0.4, 0.5) is 5.82 Å². The molecule has 1 aromatic carbocycles. The largest absolute Gasteiger partial charge is 0.317 e. The average molecular weight is 472 g/mol. The van der Waals surface area contributed by atoms with Crippen LogP contribution in [0.25, 0.3) is 16.7 Å². The van der Waals surface area contributed by atoms with Crippen LogP contribution in [0.3, 0.4) is 0 Å². The molecule has 0 aliphatic heterocycles. The Hall–Kier alpha value is -2.97. The number of nitrogens with two attached hydrogens (primary N) is 1. The molecule has 0 amide bonds. The van der Waals surface area contributed by atoms with E-state index in [0.29, 0.717) is 22.9 Å². The third kappa shape index (κ3) is 3.84. The molecule has 0 aliphatic carbocycles. The molecule has 7 nitrogen and oxygen atoms in total. The summed E-state index contributed by atoms with van der Waals surface area (Å²) in [6, 6.07) is 10.9. The molecule has 0 spiro atoms. The quantitative estimate of drug-likeness (QED) is 0.262. The minimum Gasteiger partial charge on any atom is -0.317 e. The van der Waals surface area contributed by atoms with Gasteiger partial charge >= 0.3 is 0 Å². The van der Waals surface area contributed by atoms with Gasteiger partial charge in [0.2, 0.25) is 21.3 Å². The van der Waals surface area contributed by atoms with Crippen LogP contribution >= 0.6 is 11.6 Å². The number of hydrogen-bond acceptors (Lipinski definition) is 5. The van der Waals surface area contributed by atoms with Gasteiger partial charge in [0, 0.05) is 11.2 Å². The first-order valence-electron chi connectivity index (χ1n) is 10.4. The molecule has 4 rings (SSSR count). The van der Waals surface area contributed by atoms with Crippen LogP contribution in [0.2, 0.25) is 5.02 Å². The van der Waals surface area contributed by atoms with Crippen molar-refractivity contribution in [3.63, 3.8) is 0 Å². The number of hydrogen-bond donors (Lipinski definition) is 1. The van der Waals surface area contributed by atoms with Gasteiger partial charge in [-0.05, 0) is 55.3 Å². The number of unbranched alkanes of at least 4 members (excludes halogenated alkanes) is 2. The Morgan fingerprint density at radius 2 is 1.84 bits per heavy atom. The molecule has 0 atom stereocenters. The van der Waals surface area contributed by atoms with Crippen LogP contribution < -0.4 is 15.9 Å². The fraction of sp³-hybridized carbons (Fsp3) is 0.261. The number of aromatic nitrogens is 3. The van der Waals surface area contributed by atoms with E-state index in [1.807, 2.05) is 13.0 Å². The second-order valence-corrected chi connectivity index (χ2v) is 10.2. The molecule has 0 aliphatic rings. The van der Waals surface area contributed by atoms with Gasteiger partial charge in [0.15, 0.2) is 0 Å². The summed E-state index contributed by atoms with van der Waals surface area (Å²) >= 11 is 5.93. The fourth-order valence-corrected chi connectivity index (χ4v) is 5.27. The molecule has 166 valence electrons. The number of benzene rings is 1. The predicted octanol–water partition coefficient (Wildman–Crippen LogP) is 3.70. The Kier molecular flexibility index (Phi) is 5.92. The van der Waals surface area contributed by atoms with E-state index in [1.165, 1.54) is 34.7 Å². The van der Waals surface area contributed by atoms with Crippen molar-refractivity contribution in [2.45, 2.75) is 49.4 Å². The molecule has 3 aromatic heterocycles. The van der Waals surface area contributed by atoms with Gasteiger partial charge in [-0.3, -0.25) is 9.20 Å². The predicted molar refractivity (Wildman–Crippen MR) is 125 cm³/mol. The summed E-state index contributed by atoms with van der Waals surface area (Å²) < 4.78 is 30.0. The second-order valence-electron chi connectivity index (χ2n) is 7.80. The number of sulfone groups is 1. The first-order chi connectivity index (χ1) is 15.2. The molecule has 4 aromatic rings. The van der Waals surface area contributed by atoms with Gasteiger partial charge in [-0.25, -0.2) is 13.0 Å². The maximum absolute atomic E-state index is 13.5.